The van der Waals surface area contributed by atoms with Crippen LogP contribution in [0.1, 0.15) is 59.2 Å². The molecule has 1 aliphatic rings. The third kappa shape index (κ3) is 11.3. The summed E-state index contributed by atoms with van der Waals surface area (Å²) in [4.78, 5) is 30.1. The van der Waals surface area contributed by atoms with E-state index in [9.17, 15) is 9.59 Å². The molecular formula is C37H51N5O5. The van der Waals surface area contributed by atoms with Crippen LogP contribution in [0.3, 0.4) is 0 Å². The van der Waals surface area contributed by atoms with E-state index in [-0.39, 0.29) is 11.8 Å². The minimum absolute atomic E-state index is 0.225. The van der Waals surface area contributed by atoms with Crippen LogP contribution < -0.4 is 25.8 Å². The van der Waals surface area contributed by atoms with E-state index in [1.54, 1.807) is 7.11 Å². The molecule has 1 aliphatic heterocycles. The van der Waals surface area contributed by atoms with Crippen molar-refractivity contribution in [3.05, 3.63) is 82.9 Å². The highest BCUT2D eigenvalue weighted by Crippen LogP contribution is 2.28. The predicted octanol–water partition coefficient (Wildman–Crippen LogP) is 5.45. The van der Waals surface area contributed by atoms with Crippen LogP contribution in [0.4, 0.5) is 11.4 Å². The molecule has 0 aliphatic carbocycles. The molecule has 2 amide bonds. The van der Waals surface area contributed by atoms with Gasteiger partial charge in [-0.2, -0.15) is 0 Å². The molecule has 0 spiro atoms. The van der Waals surface area contributed by atoms with Gasteiger partial charge in [0.05, 0.1) is 31.2 Å². The van der Waals surface area contributed by atoms with Crippen molar-refractivity contribution in [3.63, 3.8) is 0 Å². The van der Waals surface area contributed by atoms with Crippen LogP contribution in [-0.4, -0.2) is 81.7 Å². The smallest absolute Gasteiger partial charge is 0.255 e. The van der Waals surface area contributed by atoms with E-state index >= 15 is 0 Å². The molecule has 254 valence electrons. The molecule has 3 aromatic carbocycles. The highest BCUT2D eigenvalue weighted by Gasteiger charge is 2.18. The van der Waals surface area contributed by atoms with Crippen LogP contribution >= 0.6 is 0 Å². The third-order valence-electron chi connectivity index (χ3n) is 8.26. The minimum Gasteiger partial charge on any atom is -0.491 e. The van der Waals surface area contributed by atoms with Gasteiger partial charge >= 0.3 is 0 Å². The number of hydrogen-bond acceptors (Lipinski definition) is 8. The number of nitrogens with zero attached hydrogens (tertiary/aromatic N) is 2. The normalized spacial score (nSPS) is 13.3. The van der Waals surface area contributed by atoms with E-state index in [2.05, 4.69) is 22.6 Å². The molecule has 0 unspecified atom stereocenters. The Bertz CT molecular complexity index is 1440. The second kappa shape index (κ2) is 18.9. The average molecular weight is 646 g/mol. The number of para-hydroxylation sites is 2. The van der Waals surface area contributed by atoms with Crippen LogP contribution in [0.15, 0.2) is 60.7 Å². The third-order valence-corrected chi connectivity index (χ3v) is 8.26. The Hall–Kier alpha value is -4.12. The number of anilines is 2. The van der Waals surface area contributed by atoms with Gasteiger partial charge in [0.15, 0.2) is 0 Å². The SMILES string of the molecule is COCc1cc(C(=O)Nc2ccc(C)cc2OCCCCCC(=O)N2CCN(C)CC2)ccc1CNc1ccccc1OCCCN. The molecule has 10 heteroatoms. The van der Waals surface area contributed by atoms with E-state index < -0.39 is 0 Å². The summed E-state index contributed by atoms with van der Waals surface area (Å²) in [6, 6.07) is 19.2. The highest BCUT2D eigenvalue weighted by atomic mass is 16.5. The summed E-state index contributed by atoms with van der Waals surface area (Å²) in [5.41, 5.74) is 10.6. The number of nitrogens with one attached hydrogen (secondary N) is 2. The summed E-state index contributed by atoms with van der Waals surface area (Å²) in [5, 5.41) is 6.50. The standard InChI is InChI=1S/C37H51N5O5/c1-28-13-16-33(35(24-28)47-22-8-4-5-12-36(43)42-20-18-41(2)19-21-42)40-37(44)29-14-15-30(31(25-29)27-45-3)26-39-32-10-6-7-11-34(32)46-23-9-17-38/h6-7,10-11,13-16,24-25,39H,4-5,8-9,12,17-23,26-27,38H2,1-3H3,(H,40,44). The fourth-order valence-electron chi connectivity index (χ4n) is 5.42. The fraction of sp³-hybridized carbons (Fsp3) is 0.459. The number of likely N-dealkylation sites (N-methyl/N-ethyl adjacent to an activating group) is 1. The van der Waals surface area contributed by atoms with Crippen molar-refractivity contribution in [1.82, 2.24) is 9.80 Å². The van der Waals surface area contributed by atoms with Crippen LogP contribution in [0.25, 0.3) is 0 Å². The summed E-state index contributed by atoms with van der Waals surface area (Å²) < 4.78 is 17.5. The Morgan fingerprint density at radius 3 is 2.38 bits per heavy atom. The van der Waals surface area contributed by atoms with Crippen molar-refractivity contribution in [3.8, 4) is 11.5 Å². The lowest BCUT2D eigenvalue weighted by Crippen LogP contribution is -2.47. The Kier molecular flexibility index (Phi) is 14.4. The van der Waals surface area contributed by atoms with Gasteiger partial charge < -0.3 is 40.4 Å². The summed E-state index contributed by atoms with van der Waals surface area (Å²) in [7, 11) is 3.73. The number of rotatable bonds is 18. The molecular weight excluding hydrogens is 594 g/mol. The number of piperazine rings is 1. The molecule has 0 atom stereocenters. The monoisotopic (exact) mass is 645 g/mol. The second-order valence-electron chi connectivity index (χ2n) is 12.1. The number of methoxy groups -OCH3 is 1. The van der Waals surface area contributed by atoms with Crippen molar-refractivity contribution >= 4 is 23.2 Å². The topological polar surface area (TPSA) is 118 Å². The summed E-state index contributed by atoms with van der Waals surface area (Å²) >= 11 is 0. The van der Waals surface area contributed by atoms with Crippen molar-refractivity contribution in [2.45, 2.75) is 52.2 Å². The zero-order valence-corrected chi connectivity index (χ0v) is 28.2. The van der Waals surface area contributed by atoms with E-state index in [4.69, 9.17) is 19.9 Å². The summed E-state index contributed by atoms with van der Waals surface area (Å²) in [6.45, 7) is 8.06. The molecule has 10 nitrogen and oxygen atoms in total. The number of nitrogens with two attached hydrogens (primary N) is 1. The van der Waals surface area contributed by atoms with Crippen LogP contribution in [0.5, 0.6) is 11.5 Å². The number of unbranched alkanes of at least 4 members (excludes halogenated alkanes) is 2. The molecule has 1 heterocycles. The van der Waals surface area contributed by atoms with E-state index in [0.717, 1.165) is 80.0 Å². The molecule has 1 fully saturated rings. The Morgan fingerprint density at radius 1 is 0.830 bits per heavy atom. The quantitative estimate of drug-likeness (QED) is 0.157. The fourth-order valence-corrected chi connectivity index (χ4v) is 5.42. The molecule has 0 bridgehead atoms. The molecule has 4 rings (SSSR count). The first kappa shape index (κ1) is 35.7. The zero-order chi connectivity index (χ0) is 33.4. The average Bonchev–Trinajstić information content (AvgIpc) is 3.07. The first-order chi connectivity index (χ1) is 22.9. The number of amides is 2. The summed E-state index contributed by atoms with van der Waals surface area (Å²) in [5.74, 6) is 1.43. The van der Waals surface area contributed by atoms with Gasteiger partial charge in [0.1, 0.15) is 11.5 Å². The molecule has 1 saturated heterocycles. The first-order valence-corrected chi connectivity index (χ1v) is 16.7. The van der Waals surface area contributed by atoms with Gasteiger partial charge in [-0.3, -0.25) is 9.59 Å². The Morgan fingerprint density at radius 2 is 1.60 bits per heavy atom. The lowest BCUT2D eigenvalue weighted by atomic mass is 10.0. The highest BCUT2D eigenvalue weighted by molar-refractivity contribution is 6.05. The maximum atomic E-state index is 13.4. The number of hydrogen-bond donors (Lipinski definition) is 3. The van der Waals surface area contributed by atoms with Crippen molar-refractivity contribution in [1.29, 1.82) is 0 Å². The molecule has 47 heavy (non-hydrogen) atoms. The van der Waals surface area contributed by atoms with E-state index in [1.165, 1.54) is 0 Å². The molecule has 0 radical (unpaired) electrons. The van der Waals surface area contributed by atoms with Gasteiger partial charge in [-0.15, -0.1) is 0 Å². The lowest BCUT2D eigenvalue weighted by molar-refractivity contribution is -0.132. The first-order valence-electron chi connectivity index (χ1n) is 16.7. The Labute approximate surface area is 279 Å². The largest absolute Gasteiger partial charge is 0.491 e. The summed E-state index contributed by atoms with van der Waals surface area (Å²) in [6.07, 6.45) is 3.94. The molecule has 3 aromatic rings. The predicted molar refractivity (Wildman–Crippen MR) is 187 cm³/mol. The lowest BCUT2D eigenvalue weighted by Gasteiger charge is -2.32. The zero-order valence-electron chi connectivity index (χ0n) is 28.2. The number of carbonyl (C=O) groups excluding carboxylic acids is 2. The maximum Gasteiger partial charge on any atom is 0.255 e. The van der Waals surface area contributed by atoms with Gasteiger partial charge in [-0.05, 0) is 99.3 Å². The van der Waals surface area contributed by atoms with Gasteiger partial charge in [0.2, 0.25) is 5.91 Å². The second-order valence-corrected chi connectivity index (χ2v) is 12.1. The van der Waals surface area contributed by atoms with Crippen LogP contribution in [0, 0.1) is 6.92 Å². The van der Waals surface area contributed by atoms with Crippen molar-refractivity contribution < 1.29 is 23.8 Å². The molecule has 4 N–H and O–H groups in total. The molecule has 0 saturated carbocycles. The number of aryl methyl sites for hydroxylation is 1. The number of ether oxygens (including phenoxy) is 3. The number of carbonyl (C=O) groups is 2. The van der Waals surface area contributed by atoms with Crippen molar-refractivity contribution in [2.24, 2.45) is 5.73 Å². The van der Waals surface area contributed by atoms with Gasteiger partial charge in [-0.1, -0.05) is 24.3 Å². The van der Waals surface area contributed by atoms with E-state index in [1.807, 2.05) is 72.5 Å². The Balaban J connectivity index is 1.31. The molecule has 0 aromatic heterocycles. The van der Waals surface area contributed by atoms with Gasteiger partial charge in [0, 0.05) is 51.8 Å². The van der Waals surface area contributed by atoms with Gasteiger partial charge in [-0.25, -0.2) is 0 Å². The number of benzene rings is 3. The van der Waals surface area contributed by atoms with Gasteiger partial charge in [0.25, 0.3) is 5.91 Å². The van der Waals surface area contributed by atoms with Crippen LogP contribution in [-0.2, 0) is 22.7 Å². The van der Waals surface area contributed by atoms with Crippen LogP contribution in [0.2, 0.25) is 0 Å². The van der Waals surface area contributed by atoms with E-state index in [0.29, 0.717) is 56.3 Å². The maximum absolute atomic E-state index is 13.4. The van der Waals surface area contributed by atoms with Crippen molar-refractivity contribution in [2.75, 3.05) is 70.7 Å². The minimum atomic E-state index is -0.225.